The van der Waals surface area contributed by atoms with Crippen LogP contribution in [0.15, 0.2) is 0 Å². The molecule has 0 atom stereocenters. The summed E-state index contributed by atoms with van der Waals surface area (Å²) in [5.74, 6) is -0.174. The first-order chi connectivity index (χ1) is 4.83. The molecule has 10 heavy (non-hydrogen) atoms. The van der Waals surface area contributed by atoms with E-state index < -0.39 is 0 Å². The minimum Gasteiger partial charge on any atom is -0.370 e. The lowest BCUT2D eigenvalue weighted by Gasteiger charge is -2.24. The minimum atomic E-state index is -0.174. The number of carbonyl (C=O) groups is 1. The lowest BCUT2D eigenvalue weighted by atomic mass is 9.94. The molecule has 3 nitrogen and oxygen atoms in total. The predicted octanol–water partition coefficient (Wildman–Crippen LogP) is 0.997. The van der Waals surface area contributed by atoms with Crippen LogP contribution in [0, 0.1) is 0 Å². The Balaban J connectivity index is 1.98. The van der Waals surface area contributed by atoms with Crippen LogP contribution in [0.5, 0.6) is 0 Å². The molecular formula is C7H13NO2. The molecule has 0 spiro atoms. The van der Waals surface area contributed by atoms with Crippen molar-refractivity contribution in [2.75, 3.05) is 0 Å². The zero-order chi connectivity index (χ0) is 7.40. The van der Waals surface area contributed by atoms with E-state index in [-0.39, 0.29) is 5.97 Å². The van der Waals surface area contributed by atoms with Gasteiger partial charge in [-0.3, -0.25) is 4.79 Å². The van der Waals surface area contributed by atoms with Gasteiger partial charge in [-0.2, -0.15) is 5.48 Å². The number of nitrogens with one attached hydrogen (secondary N) is 1. The smallest absolute Gasteiger partial charge is 0.324 e. The first-order valence-electron chi connectivity index (χ1n) is 3.78. The van der Waals surface area contributed by atoms with E-state index in [1.165, 1.54) is 6.42 Å². The maximum atomic E-state index is 10.6. The van der Waals surface area contributed by atoms with Crippen LogP contribution in [0.4, 0.5) is 0 Å². The molecule has 0 aliphatic heterocycles. The number of hydroxylamine groups is 1. The number of carbonyl (C=O) groups excluding carboxylic acids is 1. The highest BCUT2D eigenvalue weighted by Gasteiger charge is 2.17. The summed E-state index contributed by atoms with van der Waals surface area (Å²) in [6.45, 7) is 1.78. The molecule has 0 amide bonds. The van der Waals surface area contributed by atoms with Crippen molar-refractivity contribution < 1.29 is 9.63 Å². The van der Waals surface area contributed by atoms with Crippen molar-refractivity contribution in [1.29, 1.82) is 0 Å². The molecule has 0 bridgehead atoms. The van der Waals surface area contributed by atoms with Gasteiger partial charge in [0.1, 0.15) is 0 Å². The highest BCUT2D eigenvalue weighted by molar-refractivity contribution is 5.68. The summed E-state index contributed by atoms with van der Waals surface area (Å²) in [4.78, 5) is 15.3. The normalized spacial score (nSPS) is 18.1. The Morgan fingerprint density at radius 2 is 2.40 bits per heavy atom. The Hall–Kier alpha value is -0.570. The van der Waals surface area contributed by atoms with E-state index in [0.29, 0.717) is 12.5 Å². The Morgan fingerprint density at radius 3 is 2.80 bits per heavy atom. The topological polar surface area (TPSA) is 38.3 Å². The Labute approximate surface area is 60.7 Å². The van der Waals surface area contributed by atoms with Crippen molar-refractivity contribution in [1.82, 2.24) is 5.48 Å². The van der Waals surface area contributed by atoms with Crippen molar-refractivity contribution in [3.05, 3.63) is 0 Å². The van der Waals surface area contributed by atoms with Crippen LogP contribution in [0.1, 0.15) is 32.6 Å². The van der Waals surface area contributed by atoms with Gasteiger partial charge in [-0.05, 0) is 12.8 Å². The molecule has 1 aliphatic rings. The zero-order valence-corrected chi connectivity index (χ0v) is 6.22. The quantitative estimate of drug-likeness (QED) is 0.599. The van der Waals surface area contributed by atoms with Crippen LogP contribution in [0.25, 0.3) is 0 Å². The molecule has 1 saturated carbocycles. The third-order valence-corrected chi connectivity index (χ3v) is 1.73. The van der Waals surface area contributed by atoms with Gasteiger partial charge < -0.3 is 4.84 Å². The standard InChI is InChI=1S/C7H13NO2/c1-2-7(9)10-8-6-4-3-5-6/h6,8H,2-5H2,1H3. The first kappa shape index (κ1) is 7.54. The summed E-state index contributed by atoms with van der Waals surface area (Å²) in [5, 5.41) is 0. The molecular weight excluding hydrogens is 130 g/mol. The fraction of sp³-hybridized carbons (Fsp3) is 0.857. The van der Waals surface area contributed by atoms with Crippen molar-refractivity contribution in [2.24, 2.45) is 0 Å². The average molecular weight is 143 g/mol. The van der Waals surface area contributed by atoms with Crippen LogP contribution in [-0.4, -0.2) is 12.0 Å². The second-order valence-corrected chi connectivity index (χ2v) is 2.57. The van der Waals surface area contributed by atoms with Crippen LogP contribution < -0.4 is 5.48 Å². The third kappa shape index (κ3) is 1.99. The summed E-state index contributed by atoms with van der Waals surface area (Å²) < 4.78 is 0. The van der Waals surface area contributed by atoms with E-state index in [1.54, 1.807) is 6.92 Å². The van der Waals surface area contributed by atoms with E-state index in [9.17, 15) is 4.79 Å². The summed E-state index contributed by atoms with van der Waals surface area (Å²) in [6.07, 6.45) is 3.97. The summed E-state index contributed by atoms with van der Waals surface area (Å²) in [6, 6.07) is 0.426. The number of hydrogen-bond acceptors (Lipinski definition) is 3. The van der Waals surface area contributed by atoms with Gasteiger partial charge in [-0.15, -0.1) is 0 Å². The van der Waals surface area contributed by atoms with Crippen molar-refractivity contribution in [2.45, 2.75) is 38.6 Å². The minimum absolute atomic E-state index is 0.174. The fourth-order valence-corrected chi connectivity index (χ4v) is 0.747. The van der Waals surface area contributed by atoms with Gasteiger partial charge in [-0.25, -0.2) is 0 Å². The van der Waals surface area contributed by atoms with Gasteiger partial charge in [0.2, 0.25) is 0 Å². The van der Waals surface area contributed by atoms with Crippen LogP contribution >= 0.6 is 0 Å². The van der Waals surface area contributed by atoms with E-state index in [1.807, 2.05) is 0 Å². The molecule has 0 aromatic rings. The van der Waals surface area contributed by atoms with Crippen molar-refractivity contribution in [3.8, 4) is 0 Å². The van der Waals surface area contributed by atoms with Crippen molar-refractivity contribution >= 4 is 5.97 Å². The second kappa shape index (κ2) is 3.56. The van der Waals surface area contributed by atoms with Crippen LogP contribution in [0.3, 0.4) is 0 Å². The SMILES string of the molecule is CCC(=O)ONC1CCC1. The molecule has 3 heteroatoms. The Bertz CT molecular complexity index is 121. The largest absolute Gasteiger partial charge is 0.370 e. The number of hydrogen-bond donors (Lipinski definition) is 1. The molecule has 1 rings (SSSR count). The van der Waals surface area contributed by atoms with Gasteiger partial charge >= 0.3 is 5.97 Å². The monoisotopic (exact) mass is 143 g/mol. The molecule has 58 valence electrons. The molecule has 0 radical (unpaired) electrons. The Morgan fingerprint density at radius 1 is 1.70 bits per heavy atom. The molecule has 1 fully saturated rings. The van der Waals surface area contributed by atoms with Crippen LogP contribution in [-0.2, 0) is 9.63 Å². The summed E-state index contributed by atoms with van der Waals surface area (Å²) in [5.41, 5.74) is 2.72. The van der Waals surface area contributed by atoms with E-state index in [0.717, 1.165) is 12.8 Å². The highest BCUT2D eigenvalue weighted by Crippen LogP contribution is 2.17. The predicted molar refractivity (Wildman–Crippen MR) is 37.2 cm³/mol. The summed E-state index contributed by atoms with van der Waals surface area (Å²) >= 11 is 0. The Kier molecular flexibility index (Phi) is 2.68. The van der Waals surface area contributed by atoms with Gasteiger partial charge in [0.15, 0.2) is 0 Å². The third-order valence-electron chi connectivity index (χ3n) is 1.73. The maximum Gasteiger partial charge on any atom is 0.324 e. The molecule has 0 aromatic carbocycles. The van der Waals surface area contributed by atoms with E-state index >= 15 is 0 Å². The number of rotatable bonds is 3. The lowest BCUT2D eigenvalue weighted by Crippen LogP contribution is -2.36. The van der Waals surface area contributed by atoms with Gasteiger partial charge in [0, 0.05) is 12.5 Å². The van der Waals surface area contributed by atoms with Crippen LogP contribution in [0.2, 0.25) is 0 Å². The molecule has 1 N–H and O–H groups in total. The lowest BCUT2D eigenvalue weighted by molar-refractivity contribution is -0.153. The first-order valence-corrected chi connectivity index (χ1v) is 3.78. The van der Waals surface area contributed by atoms with E-state index in [2.05, 4.69) is 5.48 Å². The zero-order valence-electron chi connectivity index (χ0n) is 6.22. The fourth-order valence-electron chi connectivity index (χ4n) is 0.747. The highest BCUT2D eigenvalue weighted by atomic mass is 16.7. The second-order valence-electron chi connectivity index (χ2n) is 2.57. The van der Waals surface area contributed by atoms with Gasteiger partial charge in [0.05, 0.1) is 0 Å². The summed E-state index contributed by atoms with van der Waals surface area (Å²) in [7, 11) is 0. The van der Waals surface area contributed by atoms with Gasteiger partial charge in [-0.1, -0.05) is 13.3 Å². The molecule has 0 heterocycles. The molecule has 0 aromatic heterocycles. The molecule has 0 saturated heterocycles. The van der Waals surface area contributed by atoms with Crippen molar-refractivity contribution in [3.63, 3.8) is 0 Å². The van der Waals surface area contributed by atoms with E-state index in [4.69, 9.17) is 4.84 Å². The molecule has 1 aliphatic carbocycles. The molecule has 0 unspecified atom stereocenters. The average Bonchev–Trinajstić information content (AvgIpc) is 1.84. The van der Waals surface area contributed by atoms with Gasteiger partial charge in [0.25, 0.3) is 0 Å². The maximum absolute atomic E-state index is 10.6.